The van der Waals surface area contributed by atoms with E-state index in [9.17, 15) is 9.90 Å². The van der Waals surface area contributed by atoms with Crippen LogP contribution in [-0.2, 0) is 6.54 Å². The molecule has 0 aliphatic carbocycles. The van der Waals surface area contributed by atoms with Crippen molar-refractivity contribution in [2.24, 2.45) is 0 Å². The van der Waals surface area contributed by atoms with E-state index in [-0.39, 0.29) is 17.3 Å². The Morgan fingerprint density at radius 1 is 1.20 bits per heavy atom. The zero-order valence-corrected chi connectivity index (χ0v) is 17.7. The number of carbonyl (C=O) groups excluding carboxylic acids is 1. The average molecular weight is 410 g/mol. The van der Waals surface area contributed by atoms with Crippen LogP contribution in [0.1, 0.15) is 47.7 Å². The third-order valence-corrected chi connectivity index (χ3v) is 6.13. The van der Waals surface area contributed by atoms with E-state index in [0.717, 1.165) is 12.1 Å². The Morgan fingerprint density at radius 3 is 2.77 bits per heavy atom. The molecule has 6 heteroatoms. The van der Waals surface area contributed by atoms with Gasteiger partial charge in [-0.25, -0.2) is 0 Å². The number of phenolic OH excluding ortho intramolecular Hbond substituents is 1. The molecule has 2 aliphatic heterocycles. The van der Waals surface area contributed by atoms with Crippen molar-refractivity contribution in [2.45, 2.75) is 38.8 Å². The molecule has 30 heavy (non-hydrogen) atoms. The van der Waals surface area contributed by atoms with Crippen LogP contribution in [0.15, 0.2) is 36.1 Å². The molecule has 0 saturated carbocycles. The fourth-order valence-electron chi connectivity index (χ4n) is 4.29. The number of rotatable bonds is 5. The highest BCUT2D eigenvalue weighted by Crippen LogP contribution is 2.40. The Balaban J connectivity index is 1.67. The molecule has 0 spiro atoms. The Bertz CT molecular complexity index is 997. The van der Waals surface area contributed by atoms with Crippen LogP contribution in [0.25, 0.3) is 6.08 Å². The van der Waals surface area contributed by atoms with Crippen LogP contribution in [0.5, 0.6) is 23.0 Å². The minimum Gasteiger partial charge on any atom is -0.507 e. The number of ketones is 1. The number of fused-ring (bicyclic) bond motifs is 1. The van der Waals surface area contributed by atoms with Crippen molar-refractivity contribution in [3.05, 3.63) is 52.8 Å². The van der Waals surface area contributed by atoms with Gasteiger partial charge in [0.05, 0.1) is 37.9 Å². The zero-order valence-electron chi connectivity index (χ0n) is 17.7. The van der Waals surface area contributed by atoms with E-state index < -0.39 is 0 Å². The van der Waals surface area contributed by atoms with Gasteiger partial charge in [0.1, 0.15) is 23.8 Å². The minimum absolute atomic E-state index is 0.176. The van der Waals surface area contributed by atoms with Gasteiger partial charge in [0.2, 0.25) is 5.78 Å². The quantitative estimate of drug-likeness (QED) is 0.742. The first-order chi connectivity index (χ1) is 14.5. The summed E-state index contributed by atoms with van der Waals surface area (Å²) < 4.78 is 16.7. The molecule has 1 saturated heterocycles. The second kappa shape index (κ2) is 8.40. The molecular weight excluding hydrogens is 382 g/mol. The molecule has 2 aromatic carbocycles. The van der Waals surface area contributed by atoms with Gasteiger partial charge in [-0.2, -0.15) is 0 Å². The zero-order chi connectivity index (χ0) is 21.3. The molecule has 2 heterocycles. The van der Waals surface area contributed by atoms with Crippen molar-refractivity contribution in [3.8, 4) is 23.0 Å². The molecule has 2 aliphatic rings. The number of carbonyl (C=O) groups is 1. The number of phenols is 1. The fraction of sp³-hybridized carbons (Fsp3) is 0.375. The van der Waals surface area contributed by atoms with Crippen molar-refractivity contribution in [1.82, 2.24) is 0 Å². The largest absolute Gasteiger partial charge is 0.507 e. The molecule has 1 unspecified atom stereocenters. The number of aromatic hydroxyl groups is 1. The summed E-state index contributed by atoms with van der Waals surface area (Å²) in [5, 5.41) is 10.5. The SMILES string of the molecule is COc1ccc(/C=C2\Oc3c(ccc(O)c3C[NH+]3CCCC[C@@H]3C)C2=O)c(OC)c1. The highest BCUT2D eigenvalue weighted by Gasteiger charge is 2.34. The summed E-state index contributed by atoms with van der Waals surface area (Å²) in [4.78, 5) is 14.4. The van der Waals surface area contributed by atoms with Crippen molar-refractivity contribution < 1.29 is 29.0 Å². The maximum absolute atomic E-state index is 13.0. The Morgan fingerprint density at radius 2 is 2.03 bits per heavy atom. The van der Waals surface area contributed by atoms with Gasteiger partial charge in [0.15, 0.2) is 11.5 Å². The number of hydrogen-bond donors (Lipinski definition) is 2. The van der Waals surface area contributed by atoms with Gasteiger partial charge in [0.25, 0.3) is 0 Å². The van der Waals surface area contributed by atoms with Crippen LogP contribution in [0.4, 0.5) is 0 Å². The van der Waals surface area contributed by atoms with E-state index >= 15 is 0 Å². The number of Topliss-reactive ketones (excluding diaryl/α,β-unsaturated/α-hetero) is 1. The Kier molecular flexibility index (Phi) is 5.68. The number of methoxy groups -OCH3 is 2. The average Bonchev–Trinajstić information content (AvgIpc) is 3.07. The normalized spacial score (nSPS) is 22.0. The monoisotopic (exact) mass is 410 g/mol. The summed E-state index contributed by atoms with van der Waals surface area (Å²) in [6, 6.07) is 9.14. The number of allylic oxidation sites excluding steroid dienone is 1. The maximum Gasteiger partial charge on any atom is 0.231 e. The Hall–Kier alpha value is -2.99. The molecule has 0 aromatic heterocycles. The van der Waals surface area contributed by atoms with Gasteiger partial charge in [-0.15, -0.1) is 0 Å². The number of nitrogens with one attached hydrogen (secondary N) is 1. The lowest BCUT2D eigenvalue weighted by molar-refractivity contribution is -0.941. The summed E-state index contributed by atoms with van der Waals surface area (Å²) in [6.07, 6.45) is 5.28. The third-order valence-electron chi connectivity index (χ3n) is 6.13. The van der Waals surface area contributed by atoms with Crippen LogP contribution in [0.2, 0.25) is 0 Å². The molecule has 2 aromatic rings. The summed E-state index contributed by atoms with van der Waals surface area (Å²) in [7, 11) is 3.16. The van der Waals surface area contributed by atoms with Crippen LogP contribution in [0, 0.1) is 0 Å². The molecule has 0 bridgehead atoms. The van der Waals surface area contributed by atoms with Crippen LogP contribution in [-0.4, -0.2) is 37.7 Å². The number of ether oxygens (including phenoxy) is 3. The molecule has 158 valence electrons. The number of piperidine rings is 1. The first kappa shape index (κ1) is 20.3. The molecule has 2 N–H and O–H groups in total. The highest BCUT2D eigenvalue weighted by atomic mass is 16.5. The van der Waals surface area contributed by atoms with Gasteiger partial charge < -0.3 is 24.2 Å². The van der Waals surface area contributed by atoms with E-state index in [2.05, 4.69) is 6.92 Å². The first-order valence-corrected chi connectivity index (χ1v) is 10.4. The third kappa shape index (κ3) is 3.75. The minimum atomic E-state index is -0.189. The van der Waals surface area contributed by atoms with Gasteiger partial charge in [-0.05, 0) is 56.5 Å². The van der Waals surface area contributed by atoms with Crippen molar-refractivity contribution >= 4 is 11.9 Å². The van der Waals surface area contributed by atoms with E-state index in [1.54, 1.807) is 44.6 Å². The van der Waals surface area contributed by atoms with Crippen LogP contribution >= 0.6 is 0 Å². The van der Waals surface area contributed by atoms with Crippen LogP contribution < -0.4 is 19.1 Å². The number of quaternary nitrogens is 1. The lowest BCUT2D eigenvalue weighted by atomic mass is 10.0. The molecule has 6 nitrogen and oxygen atoms in total. The fourth-order valence-corrected chi connectivity index (χ4v) is 4.29. The molecular formula is C24H28NO5+. The standard InChI is InChI=1S/C24H27NO5/c1-15-6-4-5-11-25(15)14-19-20(26)10-9-18-23(27)22(30-24(18)19)12-16-7-8-17(28-2)13-21(16)29-3/h7-10,12-13,15,26H,4-6,11,14H2,1-3H3/p+1/b22-12-/t15-/m0/s1. The Labute approximate surface area is 176 Å². The summed E-state index contributed by atoms with van der Waals surface area (Å²) in [5.41, 5.74) is 1.91. The molecule has 4 rings (SSSR count). The van der Waals surface area contributed by atoms with Gasteiger partial charge >= 0.3 is 0 Å². The highest BCUT2D eigenvalue weighted by molar-refractivity contribution is 6.15. The van der Waals surface area contributed by atoms with E-state index in [0.29, 0.717) is 41.0 Å². The predicted octanol–water partition coefficient (Wildman–Crippen LogP) is 2.98. The molecule has 2 atom stereocenters. The summed E-state index contributed by atoms with van der Waals surface area (Å²) >= 11 is 0. The van der Waals surface area contributed by atoms with Crippen LogP contribution in [0.3, 0.4) is 0 Å². The topological polar surface area (TPSA) is 69.4 Å². The summed E-state index contributed by atoms with van der Waals surface area (Å²) in [6.45, 7) is 3.94. The number of hydrogen-bond acceptors (Lipinski definition) is 5. The predicted molar refractivity (Wildman–Crippen MR) is 113 cm³/mol. The lowest BCUT2D eigenvalue weighted by Gasteiger charge is -2.30. The van der Waals surface area contributed by atoms with E-state index in [4.69, 9.17) is 14.2 Å². The van der Waals surface area contributed by atoms with Gasteiger partial charge in [-0.3, -0.25) is 4.79 Å². The van der Waals surface area contributed by atoms with Gasteiger partial charge in [-0.1, -0.05) is 0 Å². The molecule has 1 fully saturated rings. The van der Waals surface area contributed by atoms with E-state index in [1.807, 2.05) is 6.07 Å². The second-order valence-electron chi connectivity index (χ2n) is 7.97. The summed E-state index contributed by atoms with van der Waals surface area (Å²) in [5.74, 6) is 1.94. The van der Waals surface area contributed by atoms with Gasteiger partial charge in [0, 0.05) is 11.6 Å². The molecule has 0 radical (unpaired) electrons. The number of likely N-dealkylation sites (tertiary alicyclic amines) is 1. The van der Waals surface area contributed by atoms with Crippen molar-refractivity contribution in [2.75, 3.05) is 20.8 Å². The van der Waals surface area contributed by atoms with Crippen molar-refractivity contribution in [1.29, 1.82) is 0 Å². The molecule has 0 amide bonds. The van der Waals surface area contributed by atoms with E-state index in [1.165, 1.54) is 24.2 Å². The second-order valence-corrected chi connectivity index (χ2v) is 7.97. The maximum atomic E-state index is 13.0. The van der Waals surface area contributed by atoms with Crippen molar-refractivity contribution in [3.63, 3.8) is 0 Å². The lowest BCUT2D eigenvalue weighted by Crippen LogP contribution is -3.14. The smallest absolute Gasteiger partial charge is 0.231 e. The number of benzene rings is 2. The first-order valence-electron chi connectivity index (χ1n) is 10.4.